The molecule has 0 spiro atoms. The van der Waals surface area contributed by atoms with Crippen molar-refractivity contribution in [3.05, 3.63) is 22.4 Å². The van der Waals surface area contributed by atoms with Crippen molar-refractivity contribution in [1.82, 2.24) is 10.2 Å². The van der Waals surface area contributed by atoms with Crippen molar-refractivity contribution in [2.45, 2.75) is 52.1 Å². The molecule has 1 aromatic rings. The third-order valence-corrected chi connectivity index (χ3v) is 4.71. The summed E-state index contributed by atoms with van der Waals surface area (Å²) in [5, 5.41) is 5.64. The molecule has 0 saturated carbocycles. The molecule has 0 aliphatic rings. The van der Waals surface area contributed by atoms with E-state index in [9.17, 15) is 0 Å². The van der Waals surface area contributed by atoms with Crippen LogP contribution < -0.4 is 5.32 Å². The van der Waals surface area contributed by atoms with Gasteiger partial charge < -0.3 is 5.32 Å². The summed E-state index contributed by atoms with van der Waals surface area (Å²) >= 11 is 1.86. The molecule has 1 aromatic heterocycles. The molecule has 1 rings (SSSR count). The summed E-state index contributed by atoms with van der Waals surface area (Å²) in [5.74, 6) is 0. The molecule has 0 aliphatic heterocycles. The molecular weight excluding hydrogens is 240 g/mol. The number of hydrogen-bond acceptors (Lipinski definition) is 3. The van der Waals surface area contributed by atoms with Crippen molar-refractivity contribution in [2.75, 3.05) is 20.1 Å². The first-order chi connectivity index (χ1) is 8.66. The van der Waals surface area contributed by atoms with Gasteiger partial charge in [0.1, 0.15) is 0 Å². The zero-order chi connectivity index (χ0) is 13.4. The molecule has 0 fully saturated rings. The van der Waals surface area contributed by atoms with Crippen LogP contribution in [0.3, 0.4) is 0 Å². The molecule has 104 valence electrons. The van der Waals surface area contributed by atoms with E-state index in [1.807, 2.05) is 11.3 Å². The molecule has 0 radical (unpaired) electrons. The van der Waals surface area contributed by atoms with E-state index >= 15 is 0 Å². The van der Waals surface area contributed by atoms with Gasteiger partial charge in [-0.05, 0) is 64.7 Å². The maximum atomic E-state index is 3.47. The van der Waals surface area contributed by atoms with Gasteiger partial charge in [0.25, 0.3) is 0 Å². The van der Waals surface area contributed by atoms with Crippen LogP contribution in [0.5, 0.6) is 0 Å². The highest BCUT2D eigenvalue weighted by Crippen LogP contribution is 2.25. The topological polar surface area (TPSA) is 15.3 Å². The zero-order valence-electron chi connectivity index (χ0n) is 12.3. The van der Waals surface area contributed by atoms with Gasteiger partial charge in [0, 0.05) is 17.0 Å². The Morgan fingerprint density at radius 1 is 1.33 bits per heavy atom. The lowest BCUT2D eigenvalue weighted by Crippen LogP contribution is -2.32. The Morgan fingerprint density at radius 2 is 2.11 bits per heavy atom. The molecule has 2 unspecified atom stereocenters. The molecule has 0 aliphatic carbocycles. The van der Waals surface area contributed by atoms with Gasteiger partial charge in [0.15, 0.2) is 0 Å². The highest BCUT2D eigenvalue weighted by atomic mass is 32.1. The van der Waals surface area contributed by atoms with Gasteiger partial charge >= 0.3 is 0 Å². The lowest BCUT2D eigenvalue weighted by Gasteiger charge is -2.30. The van der Waals surface area contributed by atoms with E-state index in [0.717, 1.165) is 13.1 Å². The van der Waals surface area contributed by atoms with Crippen LogP contribution in [0.2, 0.25) is 0 Å². The largest absolute Gasteiger partial charge is 0.317 e. The third kappa shape index (κ3) is 5.09. The highest BCUT2D eigenvalue weighted by Gasteiger charge is 2.17. The monoisotopic (exact) mass is 268 g/mol. The lowest BCUT2D eigenvalue weighted by molar-refractivity contribution is 0.188. The zero-order valence-corrected chi connectivity index (χ0v) is 13.1. The molecule has 0 amide bonds. The predicted octanol–water partition coefficient (Wildman–Crippen LogP) is 3.91. The average Bonchev–Trinajstić information content (AvgIpc) is 2.90. The van der Waals surface area contributed by atoms with E-state index in [-0.39, 0.29) is 0 Å². The van der Waals surface area contributed by atoms with Crippen LogP contribution in [0.15, 0.2) is 17.5 Å². The van der Waals surface area contributed by atoms with Gasteiger partial charge in [-0.1, -0.05) is 13.0 Å². The number of thiophene rings is 1. The summed E-state index contributed by atoms with van der Waals surface area (Å²) < 4.78 is 0. The van der Waals surface area contributed by atoms with Gasteiger partial charge in [-0.2, -0.15) is 0 Å². The quantitative estimate of drug-likeness (QED) is 0.683. The number of hydrogen-bond donors (Lipinski definition) is 1. The van der Waals surface area contributed by atoms with Crippen LogP contribution in [0.25, 0.3) is 0 Å². The maximum Gasteiger partial charge on any atom is 0.0413 e. The van der Waals surface area contributed by atoms with Gasteiger partial charge in [-0.15, -0.1) is 11.3 Å². The molecule has 0 bridgehead atoms. The normalized spacial score (nSPS) is 14.9. The minimum atomic E-state index is 0.531. The van der Waals surface area contributed by atoms with E-state index in [1.165, 1.54) is 24.1 Å². The summed E-state index contributed by atoms with van der Waals surface area (Å²) in [6, 6.07) is 5.56. The van der Waals surface area contributed by atoms with E-state index in [4.69, 9.17) is 0 Å². The summed E-state index contributed by atoms with van der Waals surface area (Å²) in [4.78, 5) is 3.96. The summed E-state index contributed by atoms with van der Waals surface area (Å²) in [6.45, 7) is 9.16. The smallest absolute Gasteiger partial charge is 0.0413 e. The van der Waals surface area contributed by atoms with E-state index in [1.54, 1.807) is 0 Å². The van der Waals surface area contributed by atoms with Crippen molar-refractivity contribution < 1.29 is 0 Å². The van der Waals surface area contributed by atoms with Gasteiger partial charge in [-0.3, -0.25) is 4.90 Å². The van der Waals surface area contributed by atoms with E-state index in [0.29, 0.717) is 12.1 Å². The fraction of sp³-hybridized carbons (Fsp3) is 0.733. The highest BCUT2D eigenvalue weighted by molar-refractivity contribution is 7.10. The molecule has 2 atom stereocenters. The van der Waals surface area contributed by atoms with Crippen molar-refractivity contribution in [3.63, 3.8) is 0 Å². The van der Waals surface area contributed by atoms with Gasteiger partial charge in [0.05, 0.1) is 0 Å². The molecule has 18 heavy (non-hydrogen) atoms. The van der Waals surface area contributed by atoms with E-state index < -0.39 is 0 Å². The number of nitrogens with zero attached hydrogens (tertiary/aromatic N) is 1. The Bertz CT molecular complexity index is 297. The first kappa shape index (κ1) is 15.7. The standard InChI is InChI=1S/C15H28N2S/c1-5-10-16-11-6-8-13(2)17(4)14(3)15-9-7-12-18-15/h7,9,12-14,16H,5-6,8,10-11H2,1-4H3. The van der Waals surface area contributed by atoms with Crippen LogP contribution in [0, 0.1) is 0 Å². The first-order valence-corrected chi connectivity index (χ1v) is 8.00. The minimum absolute atomic E-state index is 0.531. The SMILES string of the molecule is CCCNCCCC(C)N(C)C(C)c1cccs1. The molecule has 0 aromatic carbocycles. The lowest BCUT2D eigenvalue weighted by atomic mass is 10.1. The molecule has 1 N–H and O–H groups in total. The molecule has 3 heteroatoms. The molecule has 1 heterocycles. The van der Waals surface area contributed by atoms with Gasteiger partial charge in [-0.25, -0.2) is 0 Å². The Morgan fingerprint density at radius 3 is 2.72 bits per heavy atom. The van der Waals surface area contributed by atoms with Crippen molar-refractivity contribution in [3.8, 4) is 0 Å². The Hall–Kier alpha value is -0.380. The third-order valence-electron chi connectivity index (χ3n) is 3.66. The Labute approximate surface area is 116 Å². The number of rotatable bonds is 9. The minimum Gasteiger partial charge on any atom is -0.317 e. The second-order valence-corrected chi connectivity index (χ2v) is 6.08. The predicted molar refractivity (Wildman–Crippen MR) is 82.4 cm³/mol. The van der Waals surface area contributed by atoms with Crippen molar-refractivity contribution in [2.24, 2.45) is 0 Å². The van der Waals surface area contributed by atoms with E-state index in [2.05, 4.69) is 55.5 Å². The van der Waals surface area contributed by atoms with Crippen LogP contribution in [-0.2, 0) is 0 Å². The fourth-order valence-corrected chi connectivity index (χ4v) is 2.97. The van der Waals surface area contributed by atoms with Gasteiger partial charge in [0.2, 0.25) is 0 Å². The van der Waals surface area contributed by atoms with Crippen LogP contribution in [-0.4, -0.2) is 31.1 Å². The maximum absolute atomic E-state index is 3.47. The fourth-order valence-electron chi connectivity index (χ4n) is 2.14. The summed E-state index contributed by atoms with van der Waals surface area (Å²) in [6.07, 6.45) is 3.76. The van der Waals surface area contributed by atoms with Crippen molar-refractivity contribution >= 4 is 11.3 Å². The number of nitrogens with one attached hydrogen (secondary N) is 1. The molecular formula is C15H28N2S. The summed E-state index contributed by atoms with van der Waals surface area (Å²) in [7, 11) is 2.24. The second kappa shape index (κ2) is 8.68. The second-order valence-electron chi connectivity index (χ2n) is 5.10. The van der Waals surface area contributed by atoms with Crippen LogP contribution in [0.4, 0.5) is 0 Å². The Balaban J connectivity index is 2.26. The van der Waals surface area contributed by atoms with Crippen LogP contribution in [0.1, 0.15) is 51.0 Å². The van der Waals surface area contributed by atoms with Crippen molar-refractivity contribution in [1.29, 1.82) is 0 Å². The molecule has 2 nitrogen and oxygen atoms in total. The summed E-state index contributed by atoms with van der Waals surface area (Å²) in [5.41, 5.74) is 0. The average molecular weight is 268 g/mol. The first-order valence-electron chi connectivity index (χ1n) is 7.12. The van der Waals surface area contributed by atoms with Crippen LogP contribution >= 0.6 is 11.3 Å². The molecule has 0 saturated heterocycles. The Kier molecular flexibility index (Phi) is 7.56.